The Morgan fingerprint density at radius 3 is 2.43 bits per heavy atom. The maximum atomic E-state index is 12.0. The number of amides is 1. The number of anilines is 1. The van der Waals surface area contributed by atoms with Gasteiger partial charge in [-0.05, 0) is 35.2 Å². The lowest BCUT2D eigenvalue weighted by Crippen LogP contribution is -2.19. The van der Waals surface area contributed by atoms with E-state index in [0.29, 0.717) is 5.69 Å². The second-order valence-corrected chi connectivity index (χ2v) is 6.05. The minimum atomic E-state index is -0.155. The van der Waals surface area contributed by atoms with Gasteiger partial charge in [0.05, 0.1) is 5.69 Å². The average Bonchev–Trinajstić information content (AvgIpc) is 2.85. The first-order chi connectivity index (χ1) is 9.90. The van der Waals surface area contributed by atoms with Crippen LogP contribution in [0.4, 0.5) is 5.69 Å². The minimum Gasteiger partial charge on any atom is -0.336 e. The van der Waals surface area contributed by atoms with Crippen LogP contribution < -0.4 is 5.32 Å². The van der Waals surface area contributed by atoms with E-state index in [0.717, 1.165) is 12.0 Å². The van der Waals surface area contributed by atoms with Gasteiger partial charge in [-0.15, -0.1) is 0 Å². The second kappa shape index (κ2) is 5.95. The van der Waals surface area contributed by atoms with Gasteiger partial charge >= 0.3 is 0 Å². The van der Waals surface area contributed by atoms with E-state index in [-0.39, 0.29) is 17.9 Å². The Bertz CT molecular complexity index is 634. The largest absolute Gasteiger partial charge is 0.336 e. The Labute approximate surface area is 124 Å². The highest BCUT2D eigenvalue weighted by Gasteiger charge is 2.13. The first kappa shape index (κ1) is 15.0. The second-order valence-electron chi connectivity index (χ2n) is 6.05. The highest BCUT2D eigenvalue weighted by molar-refractivity contribution is 5.91. The number of rotatable bonds is 4. The molecule has 4 heteroatoms. The molecule has 4 nitrogen and oxygen atoms in total. The van der Waals surface area contributed by atoms with E-state index in [4.69, 9.17) is 0 Å². The molecule has 0 atom stereocenters. The van der Waals surface area contributed by atoms with Crippen LogP contribution >= 0.6 is 0 Å². The van der Waals surface area contributed by atoms with Gasteiger partial charge in [0.2, 0.25) is 5.91 Å². The van der Waals surface area contributed by atoms with Crippen molar-refractivity contribution in [2.75, 3.05) is 5.32 Å². The number of aromatic nitrogens is 1. The summed E-state index contributed by atoms with van der Waals surface area (Å²) in [5.41, 5.74) is 2.56. The molecule has 2 rings (SSSR count). The Morgan fingerprint density at radius 2 is 1.86 bits per heavy atom. The zero-order valence-corrected chi connectivity index (χ0v) is 12.6. The maximum absolute atomic E-state index is 12.0. The van der Waals surface area contributed by atoms with Gasteiger partial charge in [0, 0.05) is 11.9 Å². The molecule has 0 aliphatic rings. The normalized spacial score (nSPS) is 11.2. The molecule has 0 aliphatic heterocycles. The van der Waals surface area contributed by atoms with Crippen molar-refractivity contribution >= 4 is 17.9 Å². The van der Waals surface area contributed by atoms with Crippen molar-refractivity contribution in [3.05, 3.63) is 53.9 Å². The molecule has 0 spiro atoms. The van der Waals surface area contributed by atoms with Gasteiger partial charge in [-0.3, -0.25) is 9.59 Å². The smallest absolute Gasteiger partial charge is 0.244 e. The van der Waals surface area contributed by atoms with Gasteiger partial charge in [0.25, 0.3) is 0 Å². The van der Waals surface area contributed by atoms with Crippen LogP contribution in [0, 0.1) is 0 Å². The molecule has 0 bridgehead atoms. The Morgan fingerprint density at radius 1 is 1.19 bits per heavy atom. The van der Waals surface area contributed by atoms with Gasteiger partial charge in [0.15, 0.2) is 6.29 Å². The summed E-state index contributed by atoms with van der Waals surface area (Å²) in [5.74, 6) is -0.155. The highest BCUT2D eigenvalue weighted by Crippen LogP contribution is 2.23. The number of nitrogens with one attached hydrogen (secondary N) is 1. The molecule has 1 aromatic carbocycles. The minimum absolute atomic E-state index is 0.0898. The average molecular weight is 284 g/mol. The van der Waals surface area contributed by atoms with Crippen molar-refractivity contribution < 1.29 is 9.59 Å². The highest BCUT2D eigenvalue weighted by atomic mass is 16.2. The lowest BCUT2D eigenvalue weighted by molar-refractivity contribution is -0.116. The Hall–Kier alpha value is -2.36. The molecule has 110 valence electrons. The summed E-state index contributed by atoms with van der Waals surface area (Å²) in [7, 11) is 0. The third-order valence-electron chi connectivity index (χ3n) is 3.33. The van der Waals surface area contributed by atoms with Crippen LogP contribution in [0.3, 0.4) is 0 Å². The van der Waals surface area contributed by atoms with Crippen LogP contribution in [0.2, 0.25) is 0 Å². The van der Waals surface area contributed by atoms with Gasteiger partial charge in [-0.1, -0.05) is 32.9 Å². The van der Waals surface area contributed by atoms with Crippen LogP contribution in [-0.2, 0) is 16.8 Å². The fraction of sp³-hybridized carbons (Fsp3) is 0.294. The fourth-order valence-electron chi connectivity index (χ4n) is 2.09. The van der Waals surface area contributed by atoms with E-state index in [9.17, 15) is 9.59 Å². The monoisotopic (exact) mass is 284 g/mol. The van der Waals surface area contributed by atoms with E-state index in [1.807, 2.05) is 24.3 Å². The maximum Gasteiger partial charge on any atom is 0.244 e. The summed E-state index contributed by atoms with van der Waals surface area (Å²) in [6.07, 6.45) is 2.46. The molecule has 2 aromatic rings. The van der Waals surface area contributed by atoms with Crippen LogP contribution in [0.25, 0.3) is 0 Å². The summed E-state index contributed by atoms with van der Waals surface area (Å²) in [6, 6.07) is 11.3. The zero-order valence-electron chi connectivity index (χ0n) is 12.6. The van der Waals surface area contributed by atoms with Crippen molar-refractivity contribution in [1.29, 1.82) is 0 Å². The molecule has 0 saturated carbocycles. The van der Waals surface area contributed by atoms with Crippen molar-refractivity contribution in [3.63, 3.8) is 0 Å². The van der Waals surface area contributed by atoms with E-state index in [2.05, 4.69) is 26.1 Å². The Balaban J connectivity index is 2.01. The summed E-state index contributed by atoms with van der Waals surface area (Å²) in [5, 5.41) is 2.83. The summed E-state index contributed by atoms with van der Waals surface area (Å²) in [4.78, 5) is 22.8. The third-order valence-corrected chi connectivity index (χ3v) is 3.33. The zero-order chi connectivity index (χ0) is 15.5. The van der Waals surface area contributed by atoms with E-state index in [1.165, 1.54) is 5.56 Å². The van der Waals surface area contributed by atoms with Crippen molar-refractivity contribution in [1.82, 2.24) is 4.57 Å². The van der Waals surface area contributed by atoms with E-state index in [1.54, 1.807) is 22.9 Å². The van der Waals surface area contributed by atoms with E-state index < -0.39 is 0 Å². The first-order valence-corrected chi connectivity index (χ1v) is 6.91. The predicted octanol–water partition coefficient (Wildman–Crippen LogP) is 3.24. The topological polar surface area (TPSA) is 51.1 Å². The molecule has 0 saturated heterocycles. The van der Waals surface area contributed by atoms with Gasteiger partial charge in [0.1, 0.15) is 6.54 Å². The third kappa shape index (κ3) is 3.81. The van der Waals surface area contributed by atoms with Crippen LogP contribution in [0.15, 0.2) is 42.6 Å². The molecule has 0 unspecified atom stereocenters. The lowest BCUT2D eigenvalue weighted by atomic mass is 9.87. The molecule has 21 heavy (non-hydrogen) atoms. The molecule has 0 fully saturated rings. The number of nitrogens with zero attached hydrogens (tertiary/aromatic N) is 1. The summed E-state index contributed by atoms with van der Waals surface area (Å²) in [6.45, 7) is 6.57. The molecule has 0 radical (unpaired) electrons. The van der Waals surface area contributed by atoms with Crippen LogP contribution in [-0.4, -0.2) is 16.8 Å². The number of aldehydes is 1. The molecule has 1 N–H and O–H groups in total. The van der Waals surface area contributed by atoms with Crippen molar-refractivity contribution in [2.45, 2.75) is 32.7 Å². The number of carbonyl (C=O) groups is 2. The van der Waals surface area contributed by atoms with Crippen LogP contribution in [0.5, 0.6) is 0 Å². The molecular weight excluding hydrogens is 264 g/mol. The standard InChI is InChI=1S/C17H20N2O2/c1-17(2,3)13-6-8-14(9-7-13)18-16(21)11-19-10-4-5-15(19)12-20/h4-10,12H,11H2,1-3H3,(H,18,21). The first-order valence-electron chi connectivity index (χ1n) is 6.91. The van der Waals surface area contributed by atoms with Gasteiger partial charge in [-0.2, -0.15) is 0 Å². The number of hydrogen-bond donors (Lipinski definition) is 1. The van der Waals surface area contributed by atoms with Crippen LogP contribution in [0.1, 0.15) is 36.8 Å². The van der Waals surface area contributed by atoms with Gasteiger partial charge in [-0.25, -0.2) is 0 Å². The molecule has 0 aliphatic carbocycles. The molecular formula is C17H20N2O2. The van der Waals surface area contributed by atoms with E-state index >= 15 is 0 Å². The number of carbonyl (C=O) groups excluding carboxylic acids is 2. The van der Waals surface area contributed by atoms with Crippen molar-refractivity contribution in [2.24, 2.45) is 0 Å². The molecule has 1 amide bonds. The molecule has 1 heterocycles. The number of benzene rings is 1. The predicted molar refractivity (Wildman–Crippen MR) is 83.6 cm³/mol. The van der Waals surface area contributed by atoms with Gasteiger partial charge < -0.3 is 9.88 Å². The van der Waals surface area contributed by atoms with Crippen molar-refractivity contribution in [3.8, 4) is 0 Å². The Kier molecular flexibility index (Phi) is 4.26. The SMILES string of the molecule is CC(C)(C)c1ccc(NC(=O)Cn2cccc2C=O)cc1. The summed E-state index contributed by atoms with van der Waals surface area (Å²) < 4.78 is 1.62. The quantitative estimate of drug-likeness (QED) is 0.876. The lowest BCUT2D eigenvalue weighted by Gasteiger charge is -2.19. The fourth-order valence-corrected chi connectivity index (χ4v) is 2.09. The molecule has 1 aromatic heterocycles. The number of hydrogen-bond acceptors (Lipinski definition) is 2. The summed E-state index contributed by atoms with van der Waals surface area (Å²) >= 11 is 0.